The van der Waals surface area contributed by atoms with Crippen LogP contribution in [0.2, 0.25) is 0 Å². The fourth-order valence-corrected chi connectivity index (χ4v) is 5.61. The van der Waals surface area contributed by atoms with Crippen LogP contribution >= 0.6 is 23.1 Å². The van der Waals surface area contributed by atoms with Gasteiger partial charge in [-0.25, -0.2) is 12.7 Å². The van der Waals surface area contributed by atoms with Crippen LogP contribution in [0.1, 0.15) is 0 Å². The third-order valence-corrected chi connectivity index (χ3v) is 7.13. The maximum absolute atomic E-state index is 12.3. The molecule has 1 aliphatic rings. The number of thiophene rings is 1. The summed E-state index contributed by atoms with van der Waals surface area (Å²) >= 11 is 3.42. The van der Waals surface area contributed by atoms with Crippen molar-refractivity contribution < 1.29 is 8.42 Å². The van der Waals surface area contributed by atoms with Gasteiger partial charge in [0.05, 0.1) is 21.7 Å². The van der Waals surface area contributed by atoms with E-state index in [1.54, 1.807) is 21.8 Å². The quantitative estimate of drug-likeness (QED) is 0.901. The number of sulfonamides is 1. The Morgan fingerprint density at radius 3 is 2.90 bits per heavy atom. The van der Waals surface area contributed by atoms with E-state index in [2.05, 4.69) is 10.3 Å². The number of thioether (sulfide) groups is 1. The van der Waals surface area contributed by atoms with Gasteiger partial charge in [-0.2, -0.15) is 11.8 Å². The molecule has 0 aliphatic carbocycles. The number of rotatable bonds is 5. The van der Waals surface area contributed by atoms with Gasteiger partial charge in [0.15, 0.2) is 0 Å². The molecule has 1 N–H and O–H groups in total. The first-order valence-electron chi connectivity index (χ1n) is 6.78. The van der Waals surface area contributed by atoms with E-state index in [9.17, 15) is 8.42 Å². The third kappa shape index (κ3) is 3.50. The van der Waals surface area contributed by atoms with Crippen molar-refractivity contribution in [3.63, 3.8) is 0 Å². The average Bonchev–Trinajstić information content (AvgIpc) is 2.97. The van der Waals surface area contributed by atoms with Crippen LogP contribution in [0.15, 0.2) is 23.7 Å². The van der Waals surface area contributed by atoms with E-state index in [1.165, 1.54) is 0 Å². The number of hydrogen-bond donors (Lipinski definition) is 1. The Balaban J connectivity index is 1.61. The van der Waals surface area contributed by atoms with Crippen LogP contribution in [0.3, 0.4) is 0 Å². The SMILES string of the molecule is O=S(=O)(CCNc1ccnc2ccsc12)N1CCSCC1. The summed E-state index contributed by atoms with van der Waals surface area (Å²) in [5, 5.41) is 5.22. The summed E-state index contributed by atoms with van der Waals surface area (Å²) in [6, 6.07) is 3.86. The highest BCUT2D eigenvalue weighted by molar-refractivity contribution is 7.99. The minimum Gasteiger partial charge on any atom is -0.383 e. The summed E-state index contributed by atoms with van der Waals surface area (Å²) in [5.41, 5.74) is 1.90. The number of nitrogens with zero attached hydrogens (tertiary/aromatic N) is 2. The molecule has 5 nitrogen and oxygen atoms in total. The minimum atomic E-state index is -3.15. The second kappa shape index (κ2) is 6.51. The van der Waals surface area contributed by atoms with Gasteiger partial charge in [-0.1, -0.05) is 0 Å². The lowest BCUT2D eigenvalue weighted by atomic mass is 10.3. The fourth-order valence-electron chi connectivity index (χ4n) is 2.28. The maximum Gasteiger partial charge on any atom is 0.215 e. The molecule has 0 spiro atoms. The van der Waals surface area contributed by atoms with Crippen molar-refractivity contribution >= 4 is 49.0 Å². The van der Waals surface area contributed by atoms with Gasteiger partial charge in [0, 0.05) is 37.3 Å². The average molecular weight is 343 g/mol. The minimum absolute atomic E-state index is 0.132. The second-order valence-corrected chi connectivity index (χ2v) is 8.98. The highest BCUT2D eigenvalue weighted by Crippen LogP contribution is 2.26. The van der Waals surface area contributed by atoms with Crippen molar-refractivity contribution in [1.29, 1.82) is 0 Å². The Morgan fingerprint density at radius 2 is 2.10 bits per heavy atom. The van der Waals surface area contributed by atoms with Crippen LogP contribution < -0.4 is 5.32 Å². The zero-order chi connectivity index (χ0) is 14.7. The number of fused-ring (bicyclic) bond motifs is 1. The van der Waals surface area contributed by atoms with Crippen LogP contribution in [0.4, 0.5) is 5.69 Å². The monoisotopic (exact) mass is 343 g/mol. The first-order valence-corrected chi connectivity index (χ1v) is 10.4. The highest BCUT2D eigenvalue weighted by Gasteiger charge is 2.23. The van der Waals surface area contributed by atoms with Crippen molar-refractivity contribution in [2.24, 2.45) is 0 Å². The van der Waals surface area contributed by atoms with E-state index in [1.807, 2.05) is 29.3 Å². The molecule has 3 rings (SSSR count). The van der Waals surface area contributed by atoms with E-state index in [4.69, 9.17) is 0 Å². The molecular weight excluding hydrogens is 326 g/mol. The maximum atomic E-state index is 12.3. The van der Waals surface area contributed by atoms with Crippen molar-refractivity contribution in [2.45, 2.75) is 0 Å². The predicted molar refractivity (Wildman–Crippen MR) is 90.8 cm³/mol. The lowest BCUT2D eigenvalue weighted by Crippen LogP contribution is -2.40. The van der Waals surface area contributed by atoms with E-state index >= 15 is 0 Å². The number of aromatic nitrogens is 1. The van der Waals surface area contributed by atoms with Gasteiger partial charge >= 0.3 is 0 Å². The third-order valence-electron chi connectivity index (χ3n) is 3.38. The molecule has 3 heterocycles. The Kier molecular flexibility index (Phi) is 4.68. The van der Waals surface area contributed by atoms with Gasteiger partial charge in [-0.05, 0) is 17.5 Å². The molecule has 114 valence electrons. The Bertz CT molecular complexity index is 708. The second-order valence-electron chi connectivity index (χ2n) is 4.75. The molecule has 0 bridgehead atoms. The fraction of sp³-hybridized carbons (Fsp3) is 0.462. The largest absolute Gasteiger partial charge is 0.383 e. The van der Waals surface area contributed by atoms with Gasteiger partial charge in [0.25, 0.3) is 0 Å². The highest BCUT2D eigenvalue weighted by atomic mass is 32.2. The van der Waals surface area contributed by atoms with E-state index in [0.717, 1.165) is 27.4 Å². The lowest BCUT2D eigenvalue weighted by molar-refractivity contribution is 0.444. The zero-order valence-corrected chi connectivity index (χ0v) is 13.9. The van der Waals surface area contributed by atoms with Crippen LogP contribution in [0.5, 0.6) is 0 Å². The van der Waals surface area contributed by atoms with Gasteiger partial charge in [0.1, 0.15) is 0 Å². The molecule has 1 aliphatic heterocycles. The number of hydrogen-bond acceptors (Lipinski definition) is 6. The molecule has 0 atom stereocenters. The molecule has 1 fully saturated rings. The van der Waals surface area contributed by atoms with Crippen molar-refractivity contribution in [3.05, 3.63) is 23.7 Å². The number of pyridine rings is 1. The lowest BCUT2D eigenvalue weighted by Gasteiger charge is -2.25. The molecule has 2 aromatic rings. The summed E-state index contributed by atoms with van der Waals surface area (Å²) < 4.78 is 27.2. The van der Waals surface area contributed by atoms with Crippen LogP contribution in [-0.2, 0) is 10.0 Å². The topological polar surface area (TPSA) is 62.3 Å². The normalized spacial score (nSPS) is 17.1. The summed E-state index contributed by atoms with van der Waals surface area (Å²) in [5.74, 6) is 1.92. The smallest absolute Gasteiger partial charge is 0.215 e. The van der Waals surface area contributed by atoms with Crippen molar-refractivity contribution in [1.82, 2.24) is 9.29 Å². The van der Waals surface area contributed by atoms with Gasteiger partial charge in [-0.3, -0.25) is 4.98 Å². The molecule has 0 aromatic carbocycles. The van der Waals surface area contributed by atoms with E-state index in [0.29, 0.717) is 19.6 Å². The van der Waals surface area contributed by atoms with Crippen LogP contribution in [-0.4, -0.2) is 54.6 Å². The summed E-state index contributed by atoms with van der Waals surface area (Å²) in [4.78, 5) is 4.27. The molecule has 0 unspecified atom stereocenters. The molecule has 0 saturated carbocycles. The van der Waals surface area contributed by atoms with Crippen LogP contribution in [0, 0.1) is 0 Å². The molecule has 0 amide bonds. The van der Waals surface area contributed by atoms with E-state index in [-0.39, 0.29) is 5.75 Å². The first kappa shape index (κ1) is 15.1. The van der Waals surface area contributed by atoms with Gasteiger partial charge in [-0.15, -0.1) is 11.3 Å². The Labute approximate surface area is 132 Å². The Morgan fingerprint density at radius 1 is 1.29 bits per heavy atom. The summed E-state index contributed by atoms with van der Waals surface area (Å²) in [6.07, 6.45) is 1.74. The molecule has 8 heteroatoms. The molecular formula is C13H17N3O2S3. The van der Waals surface area contributed by atoms with Crippen LogP contribution in [0.25, 0.3) is 10.2 Å². The standard InChI is InChI=1S/C13H17N3O2S3/c17-21(18,16-5-8-19-9-6-16)10-4-15-11-1-3-14-12-2-7-20-13(11)12/h1-3,7H,4-6,8-10H2,(H,14,15). The molecule has 21 heavy (non-hydrogen) atoms. The first-order chi connectivity index (χ1) is 10.2. The van der Waals surface area contributed by atoms with Crippen molar-refractivity contribution in [2.75, 3.05) is 42.2 Å². The van der Waals surface area contributed by atoms with Gasteiger partial charge in [0.2, 0.25) is 10.0 Å². The molecule has 2 aromatic heterocycles. The number of anilines is 1. The molecule has 1 saturated heterocycles. The Hall–Kier alpha value is -0.830. The number of nitrogens with one attached hydrogen (secondary N) is 1. The molecule has 0 radical (unpaired) electrons. The van der Waals surface area contributed by atoms with E-state index < -0.39 is 10.0 Å². The zero-order valence-electron chi connectivity index (χ0n) is 11.5. The predicted octanol–water partition coefficient (Wildman–Crippen LogP) is 2.09. The summed E-state index contributed by atoms with van der Waals surface area (Å²) in [6.45, 7) is 1.69. The van der Waals surface area contributed by atoms with Gasteiger partial charge < -0.3 is 5.32 Å². The summed E-state index contributed by atoms with van der Waals surface area (Å²) in [7, 11) is -3.15. The van der Waals surface area contributed by atoms with Crippen molar-refractivity contribution in [3.8, 4) is 0 Å².